The van der Waals surface area contributed by atoms with E-state index in [9.17, 15) is 9.59 Å². The SMILES string of the molecule is CC(C)NC(=O)NC1CCC(C(=O)O)CC1. The minimum Gasteiger partial charge on any atom is -0.481 e. The predicted molar refractivity (Wildman–Crippen MR) is 60.2 cm³/mol. The fourth-order valence-corrected chi connectivity index (χ4v) is 1.97. The lowest BCUT2D eigenvalue weighted by Gasteiger charge is -2.27. The third kappa shape index (κ3) is 4.08. The fourth-order valence-electron chi connectivity index (χ4n) is 1.97. The van der Waals surface area contributed by atoms with Crippen molar-refractivity contribution in [1.82, 2.24) is 10.6 Å². The van der Waals surface area contributed by atoms with E-state index in [4.69, 9.17) is 5.11 Å². The van der Waals surface area contributed by atoms with Gasteiger partial charge in [-0.05, 0) is 39.5 Å². The van der Waals surface area contributed by atoms with E-state index in [2.05, 4.69) is 10.6 Å². The number of aliphatic carboxylic acids is 1. The second-order valence-corrected chi connectivity index (χ2v) is 4.66. The van der Waals surface area contributed by atoms with E-state index in [1.165, 1.54) is 0 Å². The van der Waals surface area contributed by atoms with E-state index in [1.54, 1.807) is 0 Å². The van der Waals surface area contributed by atoms with Gasteiger partial charge < -0.3 is 15.7 Å². The summed E-state index contributed by atoms with van der Waals surface area (Å²) in [4.78, 5) is 22.1. The minimum absolute atomic E-state index is 0.120. The molecule has 1 rings (SSSR count). The van der Waals surface area contributed by atoms with Gasteiger partial charge in [0, 0.05) is 12.1 Å². The lowest BCUT2D eigenvalue weighted by atomic mass is 9.86. The summed E-state index contributed by atoms with van der Waals surface area (Å²) in [5.74, 6) is -0.948. The highest BCUT2D eigenvalue weighted by atomic mass is 16.4. The summed E-state index contributed by atoms with van der Waals surface area (Å²) in [6.07, 6.45) is 2.81. The average molecular weight is 228 g/mol. The highest BCUT2D eigenvalue weighted by Crippen LogP contribution is 2.24. The molecule has 0 aromatic carbocycles. The van der Waals surface area contributed by atoms with Crippen molar-refractivity contribution in [2.24, 2.45) is 5.92 Å². The monoisotopic (exact) mass is 228 g/mol. The molecule has 0 bridgehead atoms. The first-order valence-corrected chi connectivity index (χ1v) is 5.79. The molecule has 0 radical (unpaired) electrons. The molecular formula is C11H20N2O3. The molecule has 5 nitrogen and oxygen atoms in total. The van der Waals surface area contributed by atoms with Gasteiger partial charge in [-0.25, -0.2) is 4.79 Å². The van der Waals surface area contributed by atoms with E-state index in [1.807, 2.05) is 13.8 Å². The molecule has 16 heavy (non-hydrogen) atoms. The van der Waals surface area contributed by atoms with Crippen molar-refractivity contribution in [1.29, 1.82) is 0 Å². The number of carbonyl (C=O) groups excluding carboxylic acids is 1. The highest BCUT2D eigenvalue weighted by molar-refractivity contribution is 5.74. The molecule has 0 aromatic heterocycles. The molecule has 1 aliphatic carbocycles. The van der Waals surface area contributed by atoms with E-state index >= 15 is 0 Å². The van der Waals surface area contributed by atoms with Gasteiger partial charge >= 0.3 is 12.0 Å². The zero-order valence-corrected chi connectivity index (χ0v) is 9.82. The van der Waals surface area contributed by atoms with Crippen molar-refractivity contribution in [2.45, 2.75) is 51.6 Å². The van der Waals surface area contributed by atoms with Crippen LogP contribution in [0, 0.1) is 5.92 Å². The molecule has 92 valence electrons. The summed E-state index contributed by atoms with van der Waals surface area (Å²) < 4.78 is 0. The van der Waals surface area contributed by atoms with E-state index < -0.39 is 5.97 Å². The van der Waals surface area contributed by atoms with E-state index in [-0.39, 0.29) is 24.0 Å². The Hall–Kier alpha value is -1.26. The Morgan fingerprint density at radius 3 is 2.19 bits per heavy atom. The molecule has 0 aliphatic heterocycles. The quantitative estimate of drug-likeness (QED) is 0.682. The van der Waals surface area contributed by atoms with Crippen LogP contribution in [0.15, 0.2) is 0 Å². The molecule has 0 unspecified atom stereocenters. The topological polar surface area (TPSA) is 78.4 Å². The van der Waals surface area contributed by atoms with Crippen LogP contribution < -0.4 is 10.6 Å². The molecule has 0 atom stereocenters. The number of hydrogen-bond acceptors (Lipinski definition) is 2. The molecule has 0 saturated heterocycles. The maximum absolute atomic E-state index is 11.4. The predicted octanol–water partition coefficient (Wildman–Crippen LogP) is 1.34. The number of rotatable bonds is 3. The Morgan fingerprint density at radius 2 is 1.75 bits per heavy atom. The number of hydrogen-bond donors (Lipinski definition) is 3. The van der Waals surface area contributed by atoms with E-state index in [0.29, 0.717) is 12.8 Å². The normalized spacial score (nSPS) is 25.2. The van der Waals surface area contributed by atoms with Gasteiger partial charge in [0.25, 0.3) is 0 Å². The fraction of sp³-hybridized carbons (Fsp3) is 0.818. The number of carboxylic acids is 1. The third-order valence-electron chi connectivity index (χ3n) is 2.83. The van der Waals surface area contributed by atoms with Crippen LogP contribution >= 0.6 is 0 Å². The van der Waals surface area contributed by atoms with Crippen LogP contribution in [0.3, 0.4) is 0 Å². The van der Waals surface area contributed by atoms with Crippen LogP contribution in [0.5, 0.6) is 0 Å². The van der Waals surface area contributed by atoms with Crippen molar-refractivity contribution in [3.8, 4) is 0 Å². The lowest BCUT2D eigenvalue weighted by Crippen LogP contribution is -2.46. The first kappa shape index (κ1) is 12.8. The second kappa shape index (κ2) is 5.72. The largest absolute Gasteiger partial charge is 0.481 e. The van der Waals surface area contributed by atoms with Gasteiger partial charge in [-0.3, -0.25) is 4.79 Å². The summed E-state index contributed by atoms with van der Waals surface area (Å²) in [5, 5.41) is 14.4. The Labute approximate surface area is 95.6 Å². The van der Waals surface area contributed by atoms with Crippen LogP contribution in [-0.4, -0.2) is 29.2 Å². The first-order chi connectivity index (χ1) is 7.49. The van der Waals surface area contributed by atoms with E-state index in [0.717, 1.165) is 12.8 Å². The second-order valence-electron chi connectivity index (χ2n) is 4.66. The molecule has 1 aliphatic rings. The molecule has 0 heterocycles. The number of nitrogens with one attached hydrogen (secondary N) is 2. The minimum atomic E-state index is -0.718. The number of urea groups is 1. The smallest absolute Gasteiger partial charge is 0.315 e. The van der Waals surface area contributed by atoms with Crippen LogP contribution in [0.25, 0.3) is 0 Å². The number of amides is 2. The maximum Gasteiger partial charge on any atom is 0.315 e. The lowest BCUT2D eigenvalue weighted by molar-refractivity contribution is -0.142. The maximum atomic E-state index is 11.4. The van der Waals surface area contributed by atoms with Crippen molar-refractivity contribution in [3.63, 3.8) is 0 Å². The summed E-state index contributed by atoms with van der Waals surface area (Å²) in [5.41, 5.74) is 0. The van der Waals surface area contributed by atoms with Crippen LogP contribution in [0.1, 0.15) is 39.5 Å². The Balaban J connectivity index is 2.26. The van der Waals surface area contributed by atoms with Gasteiger partial charge in [0.2, 0.25) is 0 Å². The van der Waals surface area contributed by atoms with Crippen molar-refractivity contribution in [2.75, 3.05) is 0 Å². The molecule has 1 fully saturated rings. The highest BCUT2D eigenvalue weighted by Gasteiger charge is 2.26. The van der Waals surface area contributed by atoms with Crippen molar-refractivity contribution < 1.29 is 14.7 Å². The van der Waals surface area contributed by atoms with Crippen molar-refractivity contribution >= 4 is 12.0 Å². The van der Waals surface area contributed by atoms with Gasteiger partial charge in [-0.1, -0.05) is 0 Å². The molecule has 1 saturated carbocycles. The van der Waals surface area contributed by atoms with Crippen LogP contribution in [0.2, 0.25) is 0 Å². The average Bonchev–Trinajstić information content (AvgIpc) is 2.16. The molecule has 0 spiro atoms. The third-order valence-corrected chi connectivity index (χ3v) is 2.83. The van der Waals surface area contributed by atoms with Crippen LogP contribution in [-0.2, 0) is 4.79 Å². The number of carbonyl (C=O) groups is 2. The molecule has 3 N–H and O–H groups in total. The summed E-state index contributed by atoms with van der Waals surface area (Å²) in [6.45, 7) is 3.81. The van der Waals surface area contributed by atoms with Gasteiger partial charge in [0.1, 0.15) is 0 Å². The van der Waals surface area contributed by atoms with Crippen LogP contribution in [0.4, 0.5) is 4.79 Å². The van der Waals surface area contributed by atoms with Gasteiger partial charge in [-0.2, -0.15) is 0 Å². The Bertz CT molecular complexity index is 258. The van der Waals surface area contributed by atoms with Crippen molar-refractivity contribution in [3.05, 3.63) is 0 Å². The first-order valence-electron chi connectivity index (χ1n) is 5.79. The van der Waals surface area contributed by atoms with Gasteiger partial charge in [0.05, 0.1) is 5.92 Å². The Morgan fingerprint density at radius 1 is 1.19 bits per heavy atom. The molecule has 5 heteroatoms. The zero-order chi connectivity index (χ0) is 12.1. The standard InChI is InChI=1S/C11H20N2O3/c1-7(2)12-11(16)13-9-5-3-8(4-6-9)10(14)15/h7-9H,3-6H2,1-2H3,(H,14,15)(H2,12,13,16). The number of carboxylic acid groups (broad SMARTS) is 1. The Kier molecular flexibility index (Phi) is 4.58. The summed E-state index contributed by atoms with van der Waals surface area (Å²) >= 11 is 0. The zero-order valence-electron chi connectivity index (χ0n) is 9.82. The summed E-state index contributed by atoms with van der Waals surface area (Å²) in [7, 11) is 0. The summed E-state index contributed by atoms with van der Waals surface area (Å²) in [6, 6.07) is 0.0819. The molecular weight excluding hydrogens is 208 g/mol. The molecule has 2 amide bonds. The van der Waals surface area contributed by atoms with Gasteiger partial charge in [0.15, 0.2) is 0 Å². The molecule has 0 aromatic rings. The van der Waals surface area contributed by atoms with Gasteiger partial charge in [-0.15, -0.1) is 0 Å².